The molecule has 0 aliphatic rings. The average molecular weight is 533 g/mol. The highest BCUT2D eigenvalue weighted by atomic mass is 16.1. The van der Waals surface area contributed by atoms with Gasteiger partial charge in [-0.3, -0.25) is 4.79 Å². The summed E-state index contributed by atoms with van der Waals surface area (Å²) in [5.74, 6) is -0.158. The first-order chi connectivity index (χ1) is 19.5. The molecule has 0 saturated carbocycles. The summed E-state index contributed by atoms with van der Waals surface area (Å²) in [6, 6.07) is 27.3. The van der Waals surface area contributed by atoms with Crippen LogP contribution in [0, 0.1) is 0 Å². The first kappa shape index (κ1) is 26.7. The summed E-state index contributed by atoms with van der Waals surface area (Å²) in [6.07, 6.45) is 8.39. The second-order valence-corrected chi connectivity index (χ2v) is 9.88. The molecule has 7 nitrogen and oxygen atoms in total. The maximum atomic E-state index is 12.9. The van der Waals surface area contributed by atoms with E-state index in [0.717, 1.165) is 71.0 Å². The molecule has 3 aromatic carbocycles. The Morgan fingerprint density at radius 2 is 1.32 bits per heavy atom. The van der Waals surface area contributed by atoms with Crippen molar-refractivity contribution in [2.75, 3.05) is 21.7 Å². The Morgan fingerprint density at radius 3 is 2.02 bits per heavy atom. The SMILES string of the molecule is CCC[n+]1ccc(Nc2ccc(NC(=O)c3ccc(Nc4cc[n+](CCC)c5ccc(N)cc45)cc3)cc2)cc1. The third kappa shape index (κ3) is 6.38. The zero-order valence-electron chi connectivity index (χ0n) is 23.0. The molecule has 2 heterocycles. The molecule has 40 heavy (non-hydrogen) atoms. The molecule has 0 spiro atoms. The van der Waals surface area contributed by atoms with Crippen LogP contribution in [0.15, 0.2) is 104 Å². The Bertz CT molecular complexity index is 1600. The minimum Gasteiger partial charge on any atom is -0.399 e. The standard InChI is InChI=1S/C33H34N6O/c1-3-18-38-20-15-29(16-21-38)35-26-10-12-28(13-11-26)37-33(40)24-5-8-27(9-6-24)36-31-17-22-39(19-4-2)32-14-7-25(34)23-30(31)32/h5-17,20-23H,3-4,18-19,34H2,1-2H3,(H,37,40)/p+2. The number of nitrogens with one attached hydrogen (secondary N) is 3. The molecule has 0 aliphatic carbocycles. The maximum absolute atomic E-state index is 12.9. The van der Waals surface area contributed by atoms with E-state index in [1.165, 1.54) is 0 Å². The van der Waals surface area contributed by atoms with Crippen molar-refractivity contribution in [3.63, 3.8) is 0 Å². The number of hydrogen-bond donors (Lipinski definition) is 4. The zero-order chi connectivity index (χ0) is 27.9. The third-order valence-electron chi connectivity index (χ3n) is 6.74. The van der Waals surface area contributed by atoms with Crippen molar-refractivity contribution in [3.05, 3.63) is 109 Å². The molecular formula is C33H36N6O+2. The smallest absolute Gasteiger partial charge is 0.255 e. The molecule has 0 radical (unpaired) electrons. The van der Waals surface area contributed by atoms with E-state index in [2.05, 4.69) is 81.8 Å². The second-order valence-electron chi connectivity index (χ2n) is 9.88. The number of fused-ring (bicyclic) bond motifs is 1. The Morgan fingerprint density at radius 1 is 0.700 bits per heavy atom. The van der Waals surface area contributed by atoms with Gasteiger partial charge in [-0.15, -0.1) is 0 Å². The van der Waals surface area contributed by atoms with Crippen molar-refractivity contribution < 1.29 is 13.9 Å². The monoisotopic (exact) mass is 532 g/mol. The fourth-order valence-corrected chi connectivity index (χ4v) is 4.71. The van der Waals surface area contributed by atoms with Crippen LogP contribution < -0.4 is 30.8 Å². The molecule has 5 aromatic rings. The third-order valence-corrected chi connectivity index (χ3v) is 6.74. The van der Waals surface area contributed by atoms with Crippen molar-refractivity contribution in [2.24, 2.45) is 0 Å². The summed E-state index contributed by atoms with van der Waals surface area (Å²) >= 11 is 0. The van der Waals surface area contributed by atoms with Crippen molar-refractivity contribution in [3.8, 4) is 0 Å². The minimum atomic E-state index is -0.158. The Balaban J connectivity index is 1.22. The number of aryl methyl sites for hydroxylation is 2. The molecule has 5 N–H and O–H groups in total. The fourth-order valence-electron chi connectivity index (χ4n) is 4.71. The summed E-state index contributed by atoms with van der Waals surface area (Å²) in [5, 5.41) is 10.9. The number of nitrogen functional groups attached to an aromatic ring is 1. The predicted octanol–water partition coefficient (Wildman–Crippen LogP) is 6.56. The number of amides is 1. The van der Waals surface area contributed by atoms with Gasteiger partial charge in [-0.2, -0.15) is 4.57 Å². The van der Waals surface area contributed by atoms with E-state index in [9.17, 15) is 4.79 Å². The molecule has 5 rings (SSSR count). The van der Waals surface area contributed by atoms with Crippen LogP contribution in [-0.4, -0.2) is 5.91 Å². The van der Waals surface area contributed by atoms with Crippen LogP contribution >= 0.6 is 0 Å². The molecule has 0 atom stereocenters. The lowest BCUT2D eigenvalue weighted by Crippen LogP contribution is -2.33. The lowest BCUT2D eigenvalue weighted by Gasteiger charge is -2.11. The molecule has 7 heteroatoms. The molecule has 0 aliphatic heterocycles. The number of nitrogens with zero attached hydrogens (tertiary/aromatic N) is 2. The van der Waals surface area contributed by atoms with Gasteiger partial charge in [-0.25, -0.2) is 4.57 Å². The molecule has 1 amide bonds. The highest BCUT2D eigenvalue weighted by Gasteiger charge is 2.13. The van der Waals surface area contributed by atoms with Gasteiger partial charge in [0, 0.05) is 65.4 Å². The molecule has 202 valence electrons. The van der Waals surface area contributed by atoms with Crippen LogP contribution in [0.3, 0.4) is 0 Å². The number of carbonyl (C=O) groups excluding carboxylic acids is 1. The van der Waals surface area contributed by atoms with Crippen LogP contribution in [0.1, 0.15) is 37.0 Å². The van der Waals surface area contributed by atoms with E-state index < -0.39 is 0 Å². The van der Waals surface area contributed by atoms with Crippen LogP contribution in [0.25, 0.3) is 10.9 Å². The highest BCUT2D eigenvalue weighted by Crippen LogP contribution is 2.27. The molecule has 2 aromatic heterocycles. The summed E-state index contributed by atoms with van der Waals surface area (Å²) in [7, 11) is 0. The van der Waals surface area contributed by atoms with Gasteiger partial charge < -0.3 is 21.7 Å². The van der Waals surface area contributed by atoms with Gasteiger partial charge in [0.15, 0.2) is 18.6 Å². The molecular weight excluding hydrogens is 496 g/mol. The minimum absolute atomic E-state index is 0.158. The lowest BCUT2D eigenvalue weighted by atomic mass is 10.1. The van der Waals surface area contributed by atoms with Gasteiger partial charge in [0.05, 0.1) is 16.8 Å². The number of anilines is 6. The molecule has 0 unspecified atom stereocenters. The number of hydrogen-bond acceptors (Lipinski definition) is 4. The van der Waals surface area contributed by atoms with E-state index in [-0.39, 0.29) is 5.91 Å². The van der Waals surface area contributed by atoms with Crippen LogP contribution in [0.5, 0.6) is 0 Å². The van der Waals surface area contributed by atoms with E-state index in [1.54, 1.807) is 0 Å². The van der Waals surface area contributed by atoms with Crippen molar-refractivity contribution >= 4 is 50.9 Å². The topological polar surface area (TPSA) is 86.9 Å². The van der Waals surface area contributed by atoms with Crippen molar-refractivity contribution in [2.45, 2.75) is 39.8 Å². The van der Waals surface area contributed by atoms with Crippen molar-refractivity contribution in [1.82, 2.24) is 0 Å². The first-order valence-electron chi connectivity index (χ1n) is 13.8. The number of pyridine rings is 2. The average Bonchev–Trinajstić information content (AvgIpc) is 2.97. The summed E-state index contributed by atoms with van der Waals surface area (Å²) < 4.78 is 4.40. The summed E-state index contributed by atoms with van der Waals surface area (Å²) in [5.41, 5.74) is 13.1. The van der Waals surface area contributed by atoms with E-state index in [4.69, 9.17) is 5.73 Å². The molecule has 0 fully saturated rings. The van der Waals surface area contributed by atoms with E-state index in [0.29, 0.717) is 5.56 Å². The van der Waals surface area contributed by atoms with Crippen LogP contribution in [0.2, 0.25) is 0 Å². The lowest BCUT2D eigenvalue weighted by molar-refractivity contribution is -0.696. The van der Waals surface area contributed by atoms with Crippen molar-refractivity contribution in [1.29, 1.82) is 0 Å². The van der Waals surface area contributed by atoms with Crippen LogP contribution in [-0.2, 0) is 13.1 Å². The number of rotatable bonds is 10. The number of nitrogens with two attached hydrogens (primary N) is 1. The summed E-state index contributed by atoms with van der Waals surface area (Å²) in [4.78, 5) is 12.9. The van der Waals surface area contributed by atoms with Crippen LogP contribution in [0.4, 0.5) is 34.1 Å². The Labute approximate surface area is 235 Å². The second kappa shape index (κ2) is 12.3. The molecule has 0 saturated heterocycles. The quantitative estimate of drug-likeness (QED) is 0.121. The predicted molar refractivity (Wildman–Crippen MR) is 163 cm³/mol. The molecule has 0 bridgehead atoms. The Hall–Kier alpha value is -4.91. The first-order valence-corrected chi connectivity index (χ1v) is 13.8. The largest absolute Gasteiger partial charge is 0.399 e. The van der Waals surface area contributed by atoms with Gasteiger partial charge in [0.25, 0.3) is 5.91 Å². The maximum Gasteiger partial charge on any atom is 0.255 e. The highest BCUT2D eigenvalue weighted by molar-refractivity contribution is 6.04. The van der Waals surface area contributed by atoms with Gasteiger partial charge in [-0.1, -0.05) is 13.8 Å². The normalized spacial score (nSPS) is 10.8. The number of aromatic nitrogens is 2. The van der Waals surface area contributed by atoms with Gasteiger partial charge >= 0.3 is 0 Å². The summed E-state index contributed by atoms with van der Waals surface area (Å²) in [6.45, 7) is 6.28. The number of carbonyl (C=O) groups is 1. The van der Waals surface area contributed by atoms with Gasteiger partial charge in [0.1, 0.15) is 13.1 Å². The van der Waals surface area contributed by atoms with E-state index in [1.807, 2.05) is 60.7 Å². The van der Waals surface area contributed by atoms with Gasteiger partial charge in [0.2, 0.25) is 5.52 Å². The van der Waals surface area contributed by atoms with E-state index >= 15 is 0 Å². The zero-order valence-corrected chi connectivity index (χ0v) is 23.0. The number of benzene rings is 3. The fraction of sp³-hybridized carbons (Fsp3) is 0.182. The Kier molecular flexibility index (Phi) is 8.21. The van der Waals surface area contributed by atoms with Gasteiger partial charge in [-0.05, 0) is 60.7 Å².